The van der Waals surface area contributed by atoms with E-state index in [0.717, 1.165) is 9.80 Å². The molecule has 0 saturated carbocycles. The van der Waals surface area contributed by atoms with Crippen molar-refractivity contribution in [3.05, 3.63) is 0 Å². The van der Waals surface area contributed by atoms with Gasteiger partial charge in [0.05, 0.1) is 51.9 Å². The van der Waals surface area contributed by atoms with Crippen molar-refractivity contribution < 1.29 is 89.4 Å². The molecule has 14 N–H and O–H groups in total. The second kappa shape index (κ2) is 19.7. The lowest BCUT2D eigenvalue weighted by molar-refractivity contribution is -0.148. The number of aliphatic hydroxyl groups is 2. The van der Waals surface area contributed by atoms with E-state index in [1.54, 1.807) is 0 Å². The summed E-state index contributed by atoms with van der Waals surface area (Å²) in [6, 6.07) is -1.10. The molecule has 0 bridgehead atoms. The molecular weight excluding hydrogens is 620 g/mol. The van der Waals surface area contributed by atoms with Crippen LogP contribution < -0.4 is 11.5 Å². The van der Waals surface area contributed by atoms with Crippen LogP contribution in [0, 0.1) is 0 Å². The first-order valence-electron chi connectivity index (χ1n) is 12.5. The largest absolute Gasteiger partial charge is 0.481 e. The molecule has 1 unspecified atom stereocenters. The summed E-state index contributed by atoms with van der Waals surface area (Å²) in [5, 5.41) is 88.6. The molecule has 0 aliphatic heterocycles. The standard InChI is InChI=1S/C12H20N2O10.C11H18N2O8/c15-8(16)1-7(14(5-11(21)22)6-12(23)24)2-13(3-9(17)18)4-10(19)20;12-10(1-6(14)15,2-7(16)17)5-11(13,3-8(18)19)4-9(20)21/h7-8,15-16H,1-6H2,(H,17,18)(H,19,20)(H,21,22)(H,23,24);1-5,12-13H2,(H,14,15)(H,16,17)(H,18,19)(H,20,21). The number of aliphatic carboxylic acids is 8. The van der Waals surface area contributed by atoms with Gasteiger partial charge >= 0.3 is 47.8 Å². The number of carbonyl (C=O) groups is 8. The third kappa shape index (κ3) is 22.7. The highest BCUT2D eigenvalue weighted by atomic mass is 16.5. The van der Waals surface area contributed by atoms with Gasteiger partial charge in [-0.05, 0) is 6.42 Å². The molecule has 0 amide bonds. The summed E-state index contributed by atoms with van der Waals surface area (Å²) in [6.45, 7) is -3.28. The zero-order valence-electron chi connectivity index (χ0n) is 23.7. The summed E-state index contributed by atoms with van der Waals surface area (Å²) in [4.78, 5) is 88.2. The van der Waals surface area contributed by atoms with Gasteiger partial charge in [-0.1, -0.05) is 0 Å². The van der Waals surface area contributed by atoms with E-state index in [-0.39, 0.29) is 6.54 Å². The number of aliphatic hydroxyl groups excluding tert-OH is 1. The van der Waals surface area contributed by atoms with Crippen molar-refractivity contribution >= 4 is 47.8 Å². The summed E-state index contributed by atoms with van der Waals surface area (Å²) >= 11 is 0. The van der Waals surface area contributed by atoms with Gasteiger partial charge in [0.25, 0.3) is 0 Å². The zero-order chi connectivity index (χ0) is 35.7. The van der Waals surface area contributed by atoms with E-state index in [2.05, 4.69) is 0 Å². The molecule has 1 atom stereocenters. The molecule has 0 saturated heterocycles. The van der Waals surface area contributed by atoms with Crippen LogP contribution in [0.15, 0.2) is 0 Å². The lowest BCUT2D eigenvalue weighted by atomic mass is 9.76. The number of nitrogens with zero attached hydrogens (tertiary/aromatic N) is 2. The van der Waals surface area contributed by atoms with Crippen LogP contribution in [0.1, 0.15) is 38.5 Å². The summed E-state index contributed by atoms with van der Waals surface area (Å²) in [5.41, 5.74) is 7.72. The fraction of sp³-hybridized carbons (Fsp3) is 0.652. The first kappa shape index (κ1) is 42.7. The maximum absolute atomic E-state index is 10.9. The van der Waals surface area contributed by atoms with Crippen LogP contribution in [0.25, 0.3) is 0 Å². The van der Waals surface area contributed by atoms with E-state index < -0.39 is 136 Å². The van der Waals surface area contributed by atoms with E-state index >= 15 is 0 Å². The van der Waals surface area contributed by atoms with Crippen molar-refractivity contribution in [2.45, 2.75) is 61.9 Å². The molecule has 0 aromatic heterocycles. The Hall–Kier alpha value is -4.48. The molecule has 0 spiro atoms. The summed E-state index contributed by atoms with van der Waals surface area (Å²) < 4.78 is 0. The number of nitrogens with two attached hydrogens (primary N) is 2. The van der Waals surface area contributed by atoms with E-state index in [0.29, 0.717) is 0 Å². The Balaban J connectivity index is 0. The molecule has 22 nitrogen and oxygen atoms in total. The molecule has 0 radical (unpaired) electrons. The molecule has 0 aromatic rings. The van der Waals surface area contributed by atoms with Crippen molar-refractivity contribution in [2.75, 3.05) is 32.7 Å². The van der Waals surface area contributed by atoms with Crippen molar-refractivity contribution in [1.29, 1.82) is 0 Å². The number of hydrogen-bond acceptors (Lipinski definition) is 14. The number of carboxylic acids is 8. The molecule has 0 heterocycles. The van der Waals surface area contributed by atoms with Gasteiger partial charge in [0.2, 0.25) is 0 Å². The van der Waals surface area contributed by atoms with E-state index in [4.69, 9.17) is 62.5 Å². The Morgan fingerprint density at radius 2 is 0.800 bits per heavy atom. The van der Waals surface area contributed by atoms with Crippen LogP contribution in [-0.4, -0.2) is 165 Å². The molecule has 0 aliphatic rings. The monoisotopic (exact) mass is 658 g/mol. The predicted octanol–water partition coefficient (Wildman–Crippen LogP) is -4.33. The van der Waals surface area contributed by atoms with E-state index in [1.165, 1.54) is 0 Å². The number of hydrogen-bond donors (Lipinski definition) is 12. The minimum Gasteiger partial charge on any atom is -0.481 e. The summed E-state index contributed by atoms with van der Waals surface area (Å²) in [6.07, 6.45) is -6.10. The Morgan fingerprint density at radius 3 is 1.02 bits per heavy atom. The van der Waals surface area contributed by atoms with Crippen molar-refractivity contribution in [3.63, 3.8) is 0 Å². The first-order valence-corrected chi connectivity index (χ1v) is 12.5. The third-order valence-electron chi connectivity index (χ3n) is 5.58. The van der Waals surface area contributed by atoms with Crippen molar-refractivity contribution in [2.24, 2.45) is 11.5 Å². The fourth-order valence-electron chi connectivity index (χ4n) is 4.39. The second-order valence-electron chi connectivity index (χ2n) is 10.2. The van der Waals surface area contributed by atoms with E-state index in [9.17, 15) is 38.4 Å². The second-order valence-corrected chi connectivity index (χ2v) is 10.2. The normalized spacial score (nSPS) is 12.2. The van der Waals surface area contributed by atoms with Gasteiger partial charge in [0, 0.05) is 30.1 Å². The Bertz CT molecular complexity index is 976. The molecular formula is C23H38N4O18. The quantitative estimate of drug-likeness (QED) is 0.0461. The zero-order valence-corrected chi connectivity index (χ0v) is 23.7. The molecule has 0 aromatic carbocycles. The number of rotatable bonds is 23. The number of carboxylic acid groups (broad SMARTS) is 8. The highest BCUT2D eigenvalue weighted by molar-refractivity contribution is 5.75. The topological polar surface area (TPSA) is 397 Å². The highest BCUT2D eigenvalue weighted by Gasteiger charge is 2.42. The van der Waals surface area contributed by atoms with Gasteiger partial charge in [-0.2, -0.15) is 0 Å². The maximum atomic E-state index is 10.9. The third-order valence-corrected chi connectivity index (χ3v) is 5.58. The van der Waals surface area contributed by atoms with Crippen molar-refractivity contribution in [1.82, 2.24) is 9.80 Å². The van der Waals surface area contributed by atoms with Gasteiger partial charge in [0.15, 0.2) is 6.29 Å². The first-order chi connectivity index (χ1) is 20.4. The van der Waals surface area contributed by atoms with Crippen molar-refractivity contribution in [3.8, 4) is 0 Å². The Labute approximate surface area is 253 Å². The maximum Gasteiger partial charge on any atom is 0.317 e. The predicted molar refractivity (Wildman–Crippen MR) is 143 cm³/mol. The van der Waals surface area contributed by atoms with Gasteiger partial charge in [-0.25, -0.2) is 0 Å². The molecule has 22 heteroatoms. The minimum absolute atomic E-state index is 0.378. The van der Waals surface area contributed by atoms with Crippen LogP contribution >= 0.6 is 0 Å². The molecule has 0 rings (SSSR count). The van der Waals surface area contributed by atoms with Gasteiger partial charge in [0.1, 0.15) is 0 Å². The summed E-state index contributed by atoms with van der Waals surface area (Å²) in [5.74, 6) is -11.0. The van der Waals surface area contributed by atoms with Crippen LogP contribution in [0.5, 0.6) is 0 Å². The molecule has 258 valence electrons. The van der Waals surface area contributed by atoms with Crippen LogP contribution in [-0.2, 0) is 38.4 Å². The van der Waals surface area contributed by atoms with E-state index in [1.807, 2.05) is 0 Å². The Morgan fingerprint density at radius 1 is 0.511 bits per heavy atom. The van der Waals surface area contributed by atoms with Crippen LogP contribution in [0.4, 0.5) is 0 Å². The van der Waals surface area contributed by atoms with Gasteiger partial charge in [-0.15, -0.1) is 0 Å². The SMILES string of the molecule is NC(CC(=O)O)(CC(=O)O)CC(N)(CC(=O)O)CC(=O)O.O=C(O)CN(CC(=O)O)CC(CC(O)O)N(CC(=O)O)CC(=O)O. The fourth-order valence-corrected chi connectivity index (χ4v) is 4.39. The summed E-state index contributed by atoms with van der Waals surface area (Å²) in [7, 11) is 0. The molecule has 0 aliphatic carbocycles. The molecule has 0 fully saturated rings. The van der Waals surface area contributed by atoms with Crippen LogP contribution in [0.2, 0.25) is 0 Å². The van der Waals surface area contributed by atoms with Gasteiger partial charge in [-0.3, -0.25) is 48.2 Å². The lowest BCUT2D eigenvalue weighted by Crippen LogP contribution is -2.55. The molecule has 45 heavy (non-hydrogen) atoms. The van der Waals surface area contributed by atoms with Gasteiger partial charge < -0.3 is 62.5 Å². The Kier molecular flexibility index (Phi) is 18.7. The average molecular weight is 659 g/mol. The smallest absolute Gasteiger partial charge is 0.317 e. The average Bonchev–Trinajstić information content (AvgIpc) is 2.73. The highest BCUT2D eigenvalue weighted by Crippen LogP contribution is 2.28. The lowest BCUT2D eigenvalue weighted by Gasteiger charge is -2.36. The minimum atomic E-state index is -1.92. The van der Waals surface area contributed by atoms with Crippen LogP contribution in [0.3, 0.4) is 0 Å².